The van der Waals surface area contributed by atoms with E-state index in [9.17, 15) is 5.26 Å². The second-order valence-electron chi connectivity index (χ2n) is 7.85. The molecule has 0 bridgehead atoms. The predicted molar refractivity (Wildman–Crippen MR) is 88.1 cm³/mol. The molecule has 2 fully saturated rings. The van der Waals surface area contributed by atoms with Crippen LogP contribution in [-0.2, 0) is 0 Å². The summed E-state index contributed by atoms with van der Waals surface area (Å²) in [6.45, 7) is 11.5. The molecule has 0 radical (unpaired) electrons. The molecule has 21 heavy (non-hydrogen) atoms. The van der Waals surface area contributed by atoms with Gasteiger partial charge in [0.05, 0.1) is 6.07 Å². The zero-order valence-electron chi connectivity index (χ0n) is 14.2. The lowest BCUT2D eigenvalue weighted by atomic mass is 9.85. The van der Waals surface area contributed by atoms with Crippen LogP contribution in [0.25, 0.3) is 0 Å². The minimum atomic E-state index is -0.236. The normalized spacial score (nSPS) is 33.5. The van der Waals surface area contributed by atoms with Crippen molar-refractivity contribution in [2.75, 3.05) is 26.2 Å². The molecule has 0 spiro atoms. The molecule has 2 aliphatic rings. The fourth-order valence-electron chi connectivity index (χ4n) is 4.24. The van der Waals surface area contributed by atoms with Gasteiger partial charge in [0.2, 0.25) is 0 Å². The van der Waals surface area contributed by atoms with Crippen molar-refractivity contribution >= 4 is 0 Å². The van der Waals surface area contributed by atoms with E-state index in [1.54, 1.807) is 0 Å². The first-order valence-corrected chi connectivity index (χ1v) is 8.90. The molecular formula is C18H33N3. The van der Waals surface area contributed by atoms with Crippen molar-refractivity contribution < 1.29 is 0 Å². The average molecular weight is 291 g/mol. The van der Waals surface area contributed by atoms with Crippen LogP contribution in [0.15, 0.2) is 0 Å². The van der Waals surface area contributed by atoms with E-state index in [2.05, 4.69) is 37.1 Å². The van der Waals surface area contributed by atoms with Crippen LogP contribution < -0.4 is 5.32 Å². The van der Waals surface area contributed by atoms with Gasteiger partial charge < -0.3 is 4.90 Å². The van der Waals surface area contributed by atoms with E-state index >= 15 is 0 Å². The summed E-state index contributed by atoms with van der Waals surface area (Å²) >= 11 is 0. The van der Waals surface area contributed by atoms with Gasteiger partial charge in [0.25, 0.3) is 0 Å². The summed E-state index contributed by atoms with van der Waals surface area (Å²) in [6.07, 6.45) is 8.64. The summed E-state index contributed by atoms with van der Waals surface area (Å²) in [7, 11) is 0. The van der Waals surface area contributed by atoms with Crippen molar-refractivity contribution in [3.05, 3.63) is 0 Å². The zero-order chi connectivity index (χ0) is 15.3. The summed E-state index contributed by atoms with van der Waals surface area (Å²) in [5.41, 5.74) is 0.280. The summed E-state index contributed by atoms with van der Waals surface area (Å²) in [4.78, 5) is 2.64. The Kier molecular flexibility index (Phi) is 5.68. The Morgan fingerprint density at radius 1 is 1.19 bits per heavy atom. The Labute approximate surface area is 131 Å². The summed E-state index contributed by atoms with van der Waals surface area (Å²) in [5.74, 6) is 0.540. The van der Waals surface area contributed by atoms with Crippen molar-refractivity contribution in [3.63, 3.8) is 0 Å². The number of hydrogen-bond donors (Lipinski definition) is 1. The standard InChI is InChI=1S/C18H33N3/c1-4-20-18(15-19)10-5-7-16(18)8-13-21-12-6-9-17(2,3)11-14-21/h16,20H,4-14H2,1-3H3. The Hall–Kier alpha value is -0.590. The fourth-order valence-corrected chi connectivity index (χ4v) is 4.24. The maximum Gasteiger partial charge on any atom is 0.109 e. The van der Waals surface area contributed by atoms with Gasteiger partial charge in [0, 0.05) is 0 Å². The molecule has 1 saturated heterocycles. The Bertz CT molecular complexity index is 371. The lowest BCUT2D eigenvalue weighted by Crippen LogP contribution is -2.47. The van der Waals surface area contributed by atoms with E-state index in [1.807, 2.05) is 0 Å². The largest absolute Gasteiger partial charge is 0.303 e. The fraction of sp³-hybridized carbons (Fsp3) is 0.944. The maximum absolute atomic E-state index is 9.64. The van der Waals surface area contributed by atoms with Crippen molar-refractivity contribution in [2.24, 2.45) is 11.3 Å². The smallest absolute Gasteiger partial charge is 0.109 e. The molecule has 3 nitrogen and oxygen atoms in total. The minimum absolute atomic E-state index is 0.236. The van der Waals surface area contributed by atoms with E-state index in [0.29, 0.717) is 11.3 Å². The molecule has 3 heteroatoms. The number of nitrogens with zero attached hydrogens (tertiary/aromatic N) is 2. The third-order valence-corrected chi connectivity index (χ3v) is 5.74. The highest BCUT2D eigenvalue weighted by molar-refractivity contribution is 5.14. The van der Waals surface area contributed by atoms with Crippen LogP contribution in [0, 0.1) is 22.7 Å². The first kappa shape index (κ1) is 16.8. The van der Waals surface area contributed by atoms with Gasteiger partial charge in [0.1, 0.15) is 5.54 Å². The van der Waals surface area contributed by atoms with Crippen LogP contribution in [0.2, 0.25) is 0 Å². The van der Waals surface area contributed by atoms with Crippen LogP contribution in [0.5, 0.6) is 0 Å². The third-order valence-electron chi connectivity index (χ3n) is 5.74. The van der Waals surface area contributed by atoms with Gasteiger partial charge in [-0.25, -0.2) is 0 Å². The van der Waals surface area contributed by atoms with Gasteiger partial charge in [-0.1, -0.05) is 27.2 Å². The van der Waals surface area contributed by atoms with E-state index in [0.717, 1.165) is 13.0 Å². The molecule has 0 aromatic carbocycles. The first-order valence-electron chi connectivity index (χ1n) is 8.90. The van der Waals surface area contributed by atoms with Crippen LogP contribution in [0.3, 0.4) is 0 Å². The van der Waals surface area contributed by atoms with E-state index in [-0.39, 0.29) is 5.54 Å². The topological polar surface area (TPSA) is 39.1 Å². The first-order chi connectivity index (χ1) is 10.0. The molecule has 1 N–H and O–H groups in total. The lowest BCUT2D eigenvalue weighted by molar-refractivity contribution is 0.221. The van der Waals surface area contributed by atoms with Crippen molar-refractivity contribution in [3.8, 4) is 6.07 Å². The molecule has 2 unspecified atom stereocenters. The Morgan fingerprint density at radius 2 is 2.00 bits per heavy atom. The molecule has 0 amide bonds. The molecule has 0 aromatic heterocycles. The van der Waals surface area contributed by atoms with Crippen LogP contribution >= 0.6 is 0 Å². The van der Waals surface area contributed by atoms with E-state index in [1.165, 1.54) is 58.2 Å². The van der Waals surface area contributed by atoms with Crippen molar-refractivity contribution in [1.29, 1.82) is 5.26 Å². The molecular weight excluding hydrogens is 258 g/mol. The number of hydrogen-bond acceptors (Lipinski definition) is 3. The second kappa shape index (κ2) is 7.11. The molecule has 2 rings (SSSR count). The van der Waals surface area contributed by atoms with Gasteiger partial charge in [-0.2, -0.15) is 5.26 Å². The monoisotopic (exact) mass is 291 g/mol. The van der Waals surface area contributed by atoms with Gasteiger partial charge >= 0.3 is 0 Å². The minimum Gasteiger partial charge on any atom is -0.303 e. The zero-order valence-corrected chi connectivity index (χ0v) is 14.2. The molecule has 1 aliphatic heterocycles. The molecule has 0 aromatic rings. The quantitative estimate of drug-likeness (QED) is 0.842. The van der Waals surface area contributed by atoms with Crippen LogP contribution in [0.4, 0.5) is 0 Å². The van der Waals surface area contributed by atoms with Gasteiger partial charge in [0.15, 0.2) is 0 Å². The number of likely N-dealkylation sites (tertiary alicyclic amines) is 1. The predicted octanol–water partition coefficient (Wildman–Crippen LogP) is 3.56. The Balaban J connectivity index is 1.86. The molecule has 1 aliphatic carbocycles. The van der Waals surface area contributed by atoms with Gasteiger partial charge in [-0.3, -0.25) is 5.32 Å². The second-order valence-corrected chi connectivity index (χ2v) is 7.85. The highest BCUT2D eigenvalue weighted by Gasteiger charge is 2.42. The summed E-state index contributed by atoms with van der Waals surface area (Å²) in [5, 5.41) is 13.1. The van der Waals surface area contributed by atoms with E-state index in [4.69, 9.17) is 0 Å². The van der Waals surface area contributed by atoms with Crippen LogP contribution in [0.1, 0.15) is 65.7 Å². The number of nitriles is 1. The number of nitrogens with one attached hydrogen (secondary N) is 1. The molecule has 1 saturated carbocycles. The van der Waals surface area contributed by atoms with E-state index < -0.39 is 0 Å². The van der Waals surface area contributed by atoms with Crippen LogP contribution in [-0.4, -0.2) is 36.6 Å². The molecule has 1 heterocycles. The number of rotatable bonds is 5. The third kappa shape index (κ3) is 4.20. The van der Waals surface area contributed by atoms with Gasteiger partial charge in [-0.05, 0) is 76.0 Å². The molecule has 2 atom stereocenters. The lowest BCUT2D eigenvalue weighted by Gasteiger charge is -2.31. The SMILES string of the molecule is CCNC1(C#N)CCCC1CCN1CCCC(C)(C)CC1. The maximum atomic E-state index is 9.64. The summed E-state index contributed by atoms with van der Waals surface area (Å²) < 4.78 is 0. The molecule has 120 valence electrons. The van der Waals surface area contributed by atoms with Crippen molar-refractivity contribution in [1.82, 2.24) is 10.2 Å². The van der Waals surface area contributed by atoms with Gasteiger partial charge in [-0.15, -0.1) is 0 Å². The van der Waals surface area contributed by atoms with Crippen molar-refractivity contribution in [2.45, 2.75) is 71.3 Å². The highest BCUT2D eigenvalue weighted by atomic mass is 15.1. The Morgan fingerprint density at radius 3 is 2.71 bits per heavy atom. The highest BCUT2D eigenvalue weighted by Crippen LogP contribution is 2.38. The average Bonchev–Trinajstić information content (AvgIpc) is 2.76. The summed E-state index contributed by atoms with van der Waals surface area (Å²) in [6, 6.07) is 2.61.